The van der Waals surface area contributed by atoms with Gasteiger partial charge in [-0.2, -0.15) is 0 Å². The van der Waals surface area contributed by atoms with E-state index < -0.39 is 24.9 Å². The summed E-state index contributed by atoms with van der Waals surface area (Å²) < 4.78 is 31.6. The number of hydrogen-bond donors (Lipinski definition) is 2. The number of carbonyl (C=O) groups is 1. The Bertz CT molecular complexity index is 475. The smallest absolute Gasteiger partial charge is 0.277 e. The van der Waals surface area contributed by atoms with E-state index in [1.165, 1.54) is 0 Å². The number of nitrogens with one attached hydrogen (secondary N) is 1. The van der Waals surface area contributed by atoms with E-state index in [-0.39, 0.29) is 13.0 Å². The van der Waals surface area contributed by atoms with E-state index in [2.05, 4.69) is 21.2 Å². The van der Waals surface area contributed by atoms with Gasteiger partial charge in [-0.25, -0.2) is 8.78 Å². The molecular formula is C12H14BrClF2N2O2. The molecule has 0 aliphatic carbocycles. The fourth-order valence-electron chi connectivity index (χ4n) is 1.23. The number of hydrogen-bond acceptors (Lipinski definition) is 3. The number of ether oxygens (including phenoxy) is 1. The van der Waals surface area contributed by atoms with E-state index in [0.29, 0.717) is 15.2 Å². The number of halogens is 4. The van der Waals surface area contributed by atoms with Crippen LogP contribution in [0.5, 0.6) is 5.75 Å². The summed E-state index contributed by atoms with van der Waals surface area (Å²) in [6.07, 6.45) is -0.0320. The van der Waals surface area contributed by atoms with Crippen LogP contribution in [0.15, 0.2) is 22.7 Å². The van der Waals surface area contributed by atoms with Gasteiger partial charge in [-0.05, 0) is 34.1 Å². The predicted molar refractivity (Wildman–Crippen MR) is 76.3 cm³/mol. The Balaban J connectivity index is 2.32. The third-order valence-corrected chi connectivity index (χ3v) is 3.18. The minimum atomic E-state index is -3.09. The monoisotopic (exact) mass is 370 g/mol. The summed E-state index contributed by atoms with van der Waals surface area (Å²) in [6.45, 7) is -1.51. The molecule has 0 unspecified atom stereocenters. The zero-order valence-electron chi connectivity index (χ0n) is 10.5. The van der Waals surface area contributed by atoms with Crippen LogP contribution >= 0.6 is 27.5 Å². The van der Waals surface area contributed by atoms with Gasteiger partial charge in [-0.1, -0.05) is 11.6 Å². The molecule has 0 atom stereocenters. The van der Waals surface area contributed by atoms with Crippen LogP contribution in [0.25, 0.3) is 0 Å². The number of amides is 1. The fraction of sp³-hybridized carbons (Fsp3) is 0.417. The highest BCUT2D eigenvalue weighted by atomic mass is 79.9. The highest BCUT2D eigenvalue weighted by molar-refractivity contribution is 9.10. The maximum Gasteiger partial charge on any atom is 0.277 e. The molecule has 0 fully saturated rings. The molecular weight excluding hydrogens is 357 g/mol. The quantitative estimate of drug-likeness (QED) is 0.774. The van der Waals surface area contributed by atoms with Gasteiger partial charge in [0.2, 0.25) is 5.91 Å². The van der Waals surface area contributed by atoms with Crippen molar-refractivity contribution in [2.75, 3.05) is 19.7 Å². The van der Waals surface area contributed by atoms with Gasteiger partial charge in [-0.3, -0.25) is 4.79 Å². The lowest BCUT2D eigenvalue weighted by Gasteiger charge is -2.14. The molecule has 4 nitrogen and oxygen atoms in total. The van der Waals surface area contributed by atoms with E-state index >= 15 is 0 Å². The summed E-state index contributed by atoms with van der Waals surface area (Å²) in [5.41, 5.74) is 4.86. The van der Waals surface area contributed by atoms with Crippen LogP contribution in [0.3, 0.4) is 0 Å². The van der Waals surface area contributed by atoms with Crippen molar-refractivity contribution in [1.29, 1.82) is 0 Å². The number of rotatable bonds is 7. The molecule has 1 aromatic rings. The highest BCUT2D eigenvalue weighted by Crippen LogP contribution is 2.27. The Labute approximate surface area is 128 Å². The second-order valence-electron chi connectivity index (χ2n) is 4.01. The van der Waals surface area contributed by atoms with E-state index in [1.807, 2.05) is 0 Å². The lowest BCUT2D eigenvalue weighted by atomic mass is 10.3. The van der Waals surface area contributed by atoms with Gasteiger partial charge in [0.1, 0.15) is 5.75 Å². The Kier molecular flexibility index (Phi) is 6.64. The maximum atomic E-state index is 12.8. The van der Waals surface area contributed by atoms with Crippen molar-refractivity contribution < 1.29 is 18.3 Å². The SMILES string of the molecule is NCC(F)(F)CNC(=O)CCOc1ccc(Cl)cc1Br. The minimum Gasteiger partial charge on any atom is -0.492 e. The van der Waals surface area contributed by atoms with Gasteiger partial charge in [0, 0.05) is 5.02 Å². The lowest BCUT2D eigenvalue weighted by molar-refractivity contribution is -0.123. The zero-order chi connectivity index (χ0) is 15.2. The molecule has 0 saturated heterocycles. The third kappa shape index (κ3) is 6.02. The van der Waals surface area contributed by atoms with Crippen LogP contribution in [0.1, 0.15) is 6.42 Å². The van der Waals surface area contributed by atoms with Crippen molar-refractivity contribution in [2.45, 2.75) is 12.3 Å². The third-order valence-electron chi connectivity index (χ3n) is 2.32. The average Bonchev–Trinajstić information content (AvgIpc) is 2.39. The molecule has 20 heavy (non-hydrogen) atoms. The molecule has 0 radical (unpaired) electrons. The molecule has 112 valence electrons. The summed E-state index contributed by atoms with van der Waals surface area (Å²) in [5, 5.41) is 2.65. The molecule has 3 N–H and O–H groups in total. The summed E-state index contributed by atoms with van der Waals surface area (Å²) in [4.78, 5) is 11.3. The second kappa shape index (κ2) is 7.75. The van der Waals surface area contributed by atoms with Gasteiger partial charge < -0.3 is 15.8 Å². The Morgan fingerprint density at radius 2 is 2.20 bits per heavy atom. The van der Waals surface area contributed by atoms with Crippen LogP contribution in [-0.2, 0) is 4.79 Å². The number of benzene rings is 1. The van der Waals surface area contributed by atoms with E-state index in [0.717, 1.165) is 0 Å². The Morgan fingerprint density at radius 1 is 1.50 bits per heavy atom. The molecule has 0 aliphatic rings. The normalized spacial score (nSPS) is 11.2. The minimum absolute atomic E-state index is 0.0320. The van der Waals surface area contributed by atoms with Gasteiger partial charge in [0.15, 0.2) is 0 Å². The molecule has 0 aromatic heterocycles. The van der Waals surface area contributed by atoms with Crippen LogP contribution in [0.2, 0.25) is 5.02 Å². The fourth-order valence-corrected chi connectivity index (χ4v) is 2.03. The first-order valence-electron chi connectivity index (χ1n) is 5.76. The first-order valence-corrected chi connectivity index (χ1v) is 6.93. The van der Waals surface area contributed by atoms with Gasteiger partial charge in [0.05, 0.1) is 30.6 Å². The topological polar surface area (TPSA) is 64.3 Å². The molecule has 1 amide bonds. The van der Waals surface area contributed by atoms with Crippen LogP contribution < -0.4 is 15.8 Å². The zero-order valence-corrected chi connectivity index (χ0v) is 12.8. The van der Waals surface area contributed by atoms with Crippen molar-refractivity contribution >= 4 is 33.4 Å². The van der Waals surface area contributed by atoms with Crippen molar-refractivity contribution in [3.63, 3.8) is 0 Å². The van der Waals surface area contributed by atoms with Gasteiger partial charge in [0.25, 0.3) is 5.92 Å². The molecule has 0 bridgehead atoms. The molecule has 0 heterocycles. The summed E-state index contributed by atoms with van der Waals surface area (Å²) in [6, 6.07) is 4.94. The van der Waals surface area contributed by atoms with Crippen molar-refractivity contribution in [3.8, 4) is 5.75 Å². The van der Waals surface area contributed by atoms with E-state index in [4.69, 9.17) is 22.1 Å². The Morgan fingerprint density at radius 3 is 2.80 bits per heavy atom. The van der Waals surface area contributed by atoms with Crippen molar-refractivity contribution in [2.24, 2.45) is 5.73 Å². The molecule has 0 aliphatic heterocycles. The first-order chi connectivity index (χ1) is 9.34. The standard InChI is InChI=1S/C12H14BrClF2N2O2/c13-9-5-8(14)1-2-10(9)20-4-3-11(19)18-7-12(15,16)6-17/h1-2,5H,3-4,6-7,17H2,(H,18,19). The van der Waals surface area contributed by atoms with Gasteiger partial charge in [-0.15, -0.1) is 0 Å². The second-order valence-corrected chi connectivity index (χ2v) is 5.30. The molecule has 8 heteroatoms. The van der Waals surface area contributed by atoms with E-state index in [9.17, 15) is 13.6 Å². The largest absolute Gasteiger partial charge is 0.492 e. The summed E-state index contributed by atoms with van der Waals surface area (Å²) >= 11 is 9.03. The lowest BCUT2D eigenvalue weighted by Crippen LogP contribution is -2.41. The van der Waals surface area contributed by atoms with Crippen LogP contribution in [-0.4, -0.2) is 31.5 Å². The molecule has 1 rings (SSSR count). The summed E-state index contributed by atoms with van der Waals surface area (Å²) in [7, 11) is 0. The van der Waals surface area contributed by atoms with Crippen molar-refractivity contribution in [1.82, 2.24) is 5.32 Å². The number of nitrogens with two attached hydrogens (primary N) is 1. The Hall–Kier alpha value is -0.920. The maximum absolute atomic E-state index is 12.8. The molecule has 0 saturated carbocycles. The number of carbonyl (C=O) groups excluding carboxylic acids is 1. The number of alkyl halides is 2. The van der Waals surface area contributed by atoms with Gasteiger partial charge >= 0.3 is 0 Å². The molecule has 0 spiro atoms. The van der Waals surface area contributed by atoms with Crippen LogP contribution in [0, 0.1) is 0 Å². The summed E-state index contributed by atoms with van der Waals surface area (Å²) in [5.74, 6) is -3.09. The average molecular weight is 372 g/mol. The molecule has 1 aromatic carbocycles. The first kappa shape index (κ1) is 17.1. The van der Waals surface area contributed by atoms with Crippen LogP contribution in [0.4, 0.5) is 8.78 Å². The predicted octanol–water partition coefficient (Wildman–Crippen LogP) is 2.58. The van der Waals surface area contributed by atoms with Crippen molar-refractivity contribution in [3.05, 3.63) is 27.7 Å². The highest BCUT2D eigenvalue weighted by Gasteiger charge is 2.26. The van der Waals surface area contributed by atoms with E-state index in [1.54, 1.807) is 18.2 Å².